The van der Waals surface area contributed by atoms with Crippen molar-refractivity contribution in [3.05, 3.63) is 11.4 Å². The highest BCUT2D eigenvalue weighted by Gasteiger charge is 2.18. The molecule has 18 heavy (non-hydrogen) atoms. The van der Waals surface area contributed by atoms with Crippen molar-refractivity contribution >= 4 is 5.97 Å². The summed E-state index contributed by atoms with van der Waals surface area (Å²) in [5.74, 6) is -1.07. The van der Waals surface area contributed by atoms with Crippen LogP contribution in [0.5, 0.6) is 0 Å². The van der Waals surface area contributed by atoms with Gasteiger partial charge in [-0.3, -0.25) is 0 Å². The Bertz CT molecular complexity index is 388. The monoisotopic (exact) mass is 256 g/mol. The summed E-state index contributed by atoms with van der Waals surface area (Å²) in [5, 5.41) is 16.5. The highest BCUT2D eigenvalue weighted by Crippen LogP contribution is 2.07. The summed E-state index contributed by atoms with van der Waals surface area (Å²) in [6.45, 7) is 7.71. The highest BCUT2D eigenvalue weighted by molar-refractivity contribution is 5.86. The predicted octanol–water partition coefficient (Wildman–Crippen LogP) is 0.464. The van der Waals surface area contributed by atoms with E-state index in [2.05, 4.69) is 29.1 Å². The lowest BCUT2D eigenvalue weighted by molar-refractivity contribution is 0.0684. The van der Waals surface area contributed by atoms with Crippen molar-refractivity contribution in [3.8, 4) is 0 Å². The second kappa shape index (κ2) is 7.07. The first-order valence-electron chi connectivity index (χ1n) is 6.00. The SMILES string of the molecule is CCN(CC)CCn1nnc(C(=O)O)c1COC. The fourth-order valence-electron chi connectivity index (χ4n) is 1.73. The number of likely N-dealkylation sites (N-methyl/N-ethyl adjacent to an activating group) is 1. The molecule has 1 rings (SSSR count). The summed E-state index contributed by atoms with van der Waals surface area (Å²) in [7, 11) is 1.52. The molecule has 1 heterocycles. The lowest BCUT2D eigenvalue weighted by Crippen LogP contribution is -2.28. The molecule has 102 valence electrons. The van der Waals surface area contributed by atoms with Gasteiger partial charge in [0.05, 0.1) is 18.8 Å². The molecule has 0 aromatic carbocycles. The summed E-state index contributed by atoms with van der Waals surface area (Å²) < 4.78 is 6.60. The van der Waals surface area contributed by atoms with Crippen molar-refractivity contribution in [2.24, 2.45) is 0 Å². The third-order valence-corrected chi connectivity index (χ3v) is 2.84. The van der Waals surface area contributed by atoms with E-state index in [4.69, 9.17) is 9.84 Å². The fraction of sp³-hybridized carbons (Fsp3) is 0.727. The number of methoxy groups -OCH3 is 1. The zero-order valence-electron chi connectivity index (χ0n) is 11.1. The molecule has 1 aromatic rings. The van der Waals surface area contributed by atoms with Crippen LogP contribution in [0, 0.1) is 0 Å². The largest absolute Gasteiger partial charge is 0.476 e. The Morgan fingerprint density at radius 3 is 2.61 bits per heavy atom. The number of hydrogen-bond acceptors (Lipinski definition) is 5. The van der Waals surface area contributed by atoms with E-state index < -0.39 is 5.97 Å². The first-order valence-corrected chi connectivity index (χ1v) is 6.00. The maximum absolute atomic E-state index is 11.0. The van der Waals surface area contributed by atoms with Gasteiger partial charge in [-0.05, 0) is 13.1 Å². The zero-order valence-corrected chi connectivity index (χ0v) is 11.1. The first kappa shape index (κ1) is 14.6. The molecule has 0 atom stereocenters. The van der Waals surface area contributed by atoms with Crippen LogP contribution in [0.3, 0.4) is 0 Å². The van der Waals surface area contributed by atoms with Gasteiger partial charge in [0, 0.05) is 13.7 Å². The molecule has 7 heteroatoms. The number of hydrogen-bond donors (Lipinski definition) is 1. The van der Waals surface area contributed by atoms with Crippen LogP contribution in [0.15, 0.2) is 0 Å². The maximum atomic E-state index is 11.0. The minimum absolute atomic E-state index is 0.0311. The molecule has 0 saturated heterocycles. The molecule has 0 radical (unpaired) electrons. The first-order chi connectivity index (χ1) is 8.63. The lowest BCUT2D eigenvalue weighted by Gasteiger charge is -2.18. The molecular weight excluding hydrogens is 236 g/mol. The number of carboxylic acid groups (broad SMARTS) is 1. The molecule has 1 aromatic heterocycles. The molecule has 1 N–H and O–H groups in total. The average Bonchev–Trinajstić information content (AvgIpc) is 2.74. The lowest BCUT2D eigenvalue weighted by atomic mass is 10.3. The number of aromatic nitrogens is 3. The summed E-state index contributed by atoms with van der Waals surface area (Å²) in [6.07, 6.45) is 0. The van der Waals surface area contributed by atoms with Crippen molar-refractivity contribution < 1.29 is 14.6 Å². The number of nitrogens with zero attached hydrogens (tertiary/aromatic N) is 4. The van der Waals surface area contributed by atoms with Crippen LogP contribution >= 0.6 is 0 Å². The van der Waals surface area contributed by atoms with Crippen LogP contribution in [0.25, 0.3) is 0 Å². The van der Waals surface area contributed by atoms with Crippen LogP contribution < -0.4 is 0 Å². The van der Waals surface area contributed by atoms with E-state index in [1.54, 1.807) is 4.68 Å². The molecule has 0 aliphatic heterocycles. The van der Waals surface area contributed by atoms with Crippen LogP contribution in [0.1, 0.15) is 30.0 Å². The normalized spacial score (nSPS) is 11.1. The van der Waals surface area contributed by atoms with Gasteiger partial charge in [-0.25, -0.2) is 9.48 Å². The van der Waals surface area contributed by atoms with Crippen LogP contribution in [0.2, 0.25) is 0 Å². The van der Waals surface area contributed by atoms with Gasteiger partial charge < -0.3 is 14.7 Å². The van der Waals surface area contributed by atoms with E-state index >= 15 is 0 Å². The molecule has 0 aliphatic rings. The van der Waals surface area contributed by atoms with Crippen molar-refractivity contribution in [3.63, 3.8) is 0 Å². The molecule has 0 aliphatic carbocycles. The van der Waals surface area contributed by atoms with Gasteiger partial charge in [0.1, 0.15) is 0 Å². The predicted molar refractivity (Wildman–Crippen MR) is 65.5 cm³/mol. The average molecular weight is 256 g/mol. The van der Waals surface area contributed by atoms with Crippen LogP contribution in [0.4, 0.5) is 0 Å². The second-order valence-corrected chi connectivity index (χ2v) is 3.87. The molecule has 0 fully saturated rings. The van der Waals surface area contributed by atoms with Crippen molar-refractivity contribution in [1.82, 2.24) is 19.9 Å². The highest BCUT2D eigenvalue weighted by atomic mass is 16.5. The number of aromatic carboxylic acids is 1. The maximum Gasteiger partial charge on any atom is 0.358 e. The molecule has 0 unspecified atom stereocenters. The Morgan fingerprint density at radius 2 is 2.11 bits per heavy atom. The van der Waals surface area contributed by atoms with Crippen LogP contribution in [-0.2, 0) is 17.9 Å². The van der Waals surface area contributed by atoms with Crippen LogP contribution in [-0.4, -0.2) is 57.7 Å². The Morgan fingerprint density at radius 1 is 1.44 bits per heavy atom. The third-order valence-electron chi connectivity index (χ3n) is 2.84. The molecule has 0 spiro atoms. The Hall–Kier alpha value is -1.47. The van der Waals surface area contributed by atoms with E-state index in [0.717, 1.165) is 19.6 Å². The zero-order chi connectivity index (χ0) is 13.5. The number of carboxylic acids is 1. The second-order valence-electron chi connectivity index (χ2n) is 3.87. The fourth-order valence-corrected chi connectivity index (χ4v) is 1.73. The van der Waals surface area contributed by atoms with Gasteiger partial charge >= 0.3 is 5.97 Å². The number of carbonyl (C=O) groups is 1. The number of rotatable bonds is 8. The van der Waals surface area contributed by atoms with Gasteiger partial charge in [-0.1, -0.05) is 19.1 Å². The van der Waals surface area contributed by atoms with Gasteiger partial charge in [0.15, 0.2) is 5.69 Å². The van der Waals surface area contributed by atoms with Crippen molar-refractivity contribution in [1.29, 1.82) is 0 Å². The van der Waals surface area contributed by atoms with Crippen molar-refractivity contribution in [2.45, 2.75) is 27.0 Å². The minimum Gasteiger partial charge on any atom is -0.476 e. The quantitative estimate of drug-likeness (QED) is 0.728. The summed E-state index contributed by atoms with van der Waals surface area (Å²) >= 11 is 0. The standard InChI is InChI=1S/C11H20N4O3/c1-4-14(5-2)6-7-15-9(8-18-3)10(11(16)17)12-13-15/h4-8H2,1-3H3,(H,16,17). The number of ether oxygens (including phenoxy) is 1. The molecular formula is C11H20N4O3. The summed E-state index contributed by atoms with van der Waals surface area (Å²) in [4.78, 5) is 13.2. The molecule has 0 amide bonds. The Balaban J connectivity index is 2.78. The van der Waals surface area contributed by atoms with Gasteiger partial charge in [0.25, 0.3) is 0 Å². The van der Waals surface area contributed by atoms with E-state index in [0.29, 0.717) is 12.2 Å². The molecule has 0 bridgehead atoms. The van der Waals surface area contributed by atoms with E-state index in [1.165, 1.54) is 7.11 Å². The third kappa shape index (κ3) is 3.51. The van der Waals surface area contributed by atoms with E-state index in [9.17, 15) is 4.79 Å². The molecule has 7 nitrogen and oxygen atoms in total. The smallest absolute Gasteiger partial charge is 0.358 e. The van der Waals surface area contributed by atoms with Crippen molar-refractivity contribution in [2.75, 3.05) is 26.7 Å². The molecule has 0 saturated carbocycles. The van der Waals surface area contributed by atoms with E-state index in [-0.39, 0.29) is 12.3 Å². The Labute approximate surface area is 106 Å². The Kier molecular flexibility index (Phi) is 5.73. The summed E-state index contributed by atoms with van der Waals surface area (Å²) in [5.41, 5.74) is 0.480. The summed E-state index contributed by atoms with van der Waals surface area (Å²) in [6, 6.07) is 0. The van der Waals surface area contributed by atoms with Gasteiger partial charge in [0.2, 0.25) is 0 Å². The minimum atomic E-state index is -1.07. The topological polar surface area (TPSA) is 80.5 Å². The van der Waals surface area contributed by atoms with Gasteiger partial charge in [-0.2, -0.15) is 0 Å². The van der Waals surface area contributed by atoms with E-state index in [1.807, 2.05) is 0 Å². The van der Waals surface area contributed by atoms with Gasteiger partial charge in [-0.15, -0.1) is 5.10 Å².